The number of fused-ring (bicyclic) bond motifs is 2. The second-order valence-corrected chi connectivity index (χ2v) is 9.36. The largest absolute Gasteiger partial charge is 0.433 e. The molecule has 4 aromatic rings. The number of hydrogen-bond donors (Lipinski definition) is 0. The smallest absolute Gasteiger partial charge is 0.367 e. The van der Waals surface area contributed by atoms with Gasteiger partial charge in [-0.05, 0) is 30.7 Å². The maximum absolute atomic E-state index is 16.3. The molecule has 1 saturated heterocycles. The zero-order valence-corrected chi connectivity index (χ0v) is 20.8. The van der Waals surface area contributed by atoms with E-state index in [9.17, 15) is 18.0 Å². The standard InChI is InChI=1S/C26H22ClF4N5O/c1-4-20(37)36-9-7-35(8-10-36)18-12-19(26(29,30)31)33-24-16(18)11-17(27)22(23(24)28)21-14(2)5-6-15-13-32-34(3)25(15)21/h4-6,11-13H,1,7-10H2,2-3H3. The SMILES string of the molecule is C=CC(=O)N1CCN(c2cc(C(F)(F)F)nc3c(F)c(-c4c(C)ccc5cnn(C)c45)c(Cl)cc23)CC1. The predicted molar refractivity (Wildman–Crippen MR) is 135 cm³/mol. The molecule has 1 amide bonds. The van der Waals surface area contributed by atoms with E-state index in [1.165, 1.54) is 12.1 Å². The van der Waals surface area contributed by atoms with E-state index < -0.39 is 23.2 Å². The Morgan fingerprint density at radius 1 is 1.14 bits per heavy atom. The summed E-state index contributed by atoms with van der Waals surface area (Å²) in [7, 11) is 1.70. The van der Waals surface area contributed by atoms with Gasteiger partial charge in [0.2, 0.25) is 5.91 Å². The number of anilines is 1. The summed E-state index contributed by atoms with van der Waals surface area (Å²) in [6.07, 6.45) is -1.98. The van der Waals surface area contributed by atoms with Gasteiger partial charge < -0.3 is 9.80 Å². The molecule has 1 fully saturated rings. The minimum absolute atomic E-state index is 0.0277. The van der Waals surface area contributed by atoms with Crippen molar-refractivity contribution in [2.75, 3.05) is 31.1 Å². The molecule has 2 aromatic heterocycles. The van der Waals surface area contributed by atoms with E-state index in [1.807, 2.05) is 6.07 Å². The lowest BCUT2D eigenvalue weighted by atomic mass is 9.95. The lowest BCUT2D eigenvalue weighted by Gasteiger charge is -2.36. The van der Waals surface area contributed by atoms with Crippen molar-refractivity contribution in [1.82, 2.24) is 19.7 Å². The fourth-order valence-electron chi connectivity index (χ4n) is 4.89. The third-order valence-electron chi connectivity index (χ3n) is 6.73. The number of rotatable bonds is 3. The highest BCUT2D eigenvalue weighted by atomic mass is 35.5. The Kier molecular flexibility index (Phi) is 6.10. The third kappa shape index (κ3) is 4.19. The number of carbonyl (C=O) groups is 1. The first-order valence-corrected chi connectivity index (χ1v) is 11.9. The number of hydrogen-bond acceptors (Lipinski definition) is 4. The molecule has 0 N–H and O–H groups in total. The Labute approximate surface area is 214 Å². The van der Waals surface area contributed by atoms with E-state index in [1.54, 1.807) is 40.7 Å². The van der Waals surface area contributed by atoms with Crippen molar-refractivity contribution in [3.05, 3.63) is 65.2 Å². The van der Waals surface area contributed by atoms with E-state index in [0.717, 1.165) is 11.5 Å². The summed E-state index contributed by atoms with van der Waals surface area (Å²) in [5.41, 5.74) is 0.238. The van der Waals surface area contributed by atoms with E-state index in [4.69, 9.17) is 11.6 Å². The van der Waals surface area contributed by atoms with Crippen LogP contribution in [0.25, 0.3) is 32.9 Å². The number of aryl methyl sites for hydroxylation is 2. The monoisotopic (exact) mass is 531 g/mol. The quantitative estimate of drug-likeness (QED) is 0.250. The van der Waals surface area contributed by atoms with Crippen LogP contribution < -0.4 is 4.90 Å². The van der Waals surface area contributed by atoms with E-state index in [2.05, 4.69) is 16.7 Å². The van der Waals surface area contributed by atoms with E-state index >= 15 is 4.39 Å². The molecule has 0 spiro atoms. The van der Waals surface area contributed by atoms with Crippen LogP contribution in [0.5, 0.6) is 0 Å². The Balaban J connectivity index is 1.74. The molecule has 0 atom stereocenters. The number of benzene rings is 2. The van der Waals surface area contributed by atoms with Crippen LogP contribution >= 0.6 is 11.6 Å². The topological polar surface area (TPSA) is 54.3 Å². The molecule has 2 aromatic carbocycles. The molecule has 0 saturated carbocycles. The maximum Gasteiger partial charge on any atom is 0.433 e. The highest BCUT2D eigenvalue weighted by molar-refractivity contribution is 6.35. The van der Waals surface area contributed by atoms with Gasteiger partial charge >= 0.3 is 6.18 Å². The highest BCUT2D eigenvalue weighted by Gasteiger charge is 2.35. The maximum atomic E-state index is 16.3. The van der Waals surface area contributed by atoms with Gasteiger partial charge in [-0.2, -0.15) is 18.3 Å². The molecular weight excluding hydrogens is 510 g/mol. The van der Waals surface area contributed by atoms with Gasteiger partial charge in [0, 0.05) is 60.8 Å². The molecule has 1 aliphatic rings. The predicted octanol–water partition coefficient (Wildman–Crippen LogP) is 5.74. The van der Waals surface area contributed by atoms with E-state index in [0.29, 0.717) is 16.6 Å². The fourth-order valence-corrected chi connectivity index (χ4v) is 5.18. The number of alkyl halides is 3. The molecule has 11 heteroatoms. The van der Waals surface area contributed by atoms with Crippen molar-refractivity contribution < 1.29 is 22.4 Å². The Bertz CT molecular complexity index is 1570. The van der Waals surface area contributed by atoms with Crippen molar-refractivity contribution in [2.24, 2.45) is 7.05 Å². The van der Waals surface area contributed by atoms with Crippen LogP contribution in [-0.2, 0) is 18.0 Å². The van der Waals surface area contributed by atoms with Gasteiger partial charge in [0.15, 0.2) is 5.82 Å². The molecule has 0 unspecified atom stereocenters. The molecule has 192 valence electrons. The summed E-state index contributed by atoms with van der Waals surface area (Å²) in [5.74, 6) is -1.19. The number of aromatic nitrogens is 3. The summed E-state index contributed by atoms with van der Waals surface area (Å²) in [6, 6.07) is 6.00. The first-order chi connectivity index (χ1) is 17.5. The molecule has 6 nitrogen and oxygen atoms in total. The minimum Gasteiger partial charge on any atom is -0.367 e. The zero-order chi connectivity index (χ0) is 26.6. The van der Waals surface area contributed by atoms with Crippen molar-refractivity contribution in [1.29, 1.82) is 0 Å². The lowest BCUT2D eigenvalue weighted by molar-refractivity contribution is -0.140. The Morgan fingerprint density at radius 2 is 1.84 bits per heavy atom. The lowest BCUT2D eigenvalue weighted by Crippen LogP contribution is -2.48. The van der Waals surface area contributed by atoms with Crippen LogP contribution in [0.4, 0.5) is 23.2 Å². The van der Waals surface area contributed by atoms with Gasteiger partial charge in [-0.1, -0.05) is 30.3 Å². The average molecular weight is 532 g/mol. The summed E-state index contributed by atoms with van der Waals surface area (Å²) in [5, 5.41) is 5.19. The number of piperazine rings is 1. The van der Waals surface area contributed by atoms with Gasteiger partial charge in [0.05, 0.1) is 16.7 Å². The van der Waals surface area contributed by atoms with Gasteiger partial charge in [-0.25, -0.2) is 9.37 Å². The van der Waals surface area contributed by atoms with Gasteiger partial charge in [-0.3, -0.25) is 9.48 Å². The van der Waals surface area contributed by atoms with Gasteiger partial charge in [-0.15, -0.1) is 0 Å². The summed E-state index contributed by atoms with van der Waals surface area (Å²) >= 11 is 6.66. The molecule has 1 aliphatic heterocycles. The van der Waals surface area contributed by atoms with Crippen molar-refractivity contribution in [3.63, 3.8) is 0 Å². The summed E-state index contributed by atoms with van der Waals surface area (Å²) < 4.78 is 59.5. The highest BCUT2D eigenvalue weighted by Crippen LogP contribution is 2.43. The van der Waals surface area contributed by atoms with Crippen LogP contribution in [0.3, 0.4) is 0 Å². The molecule has 3 heterocycles. The van der Waals surface area contributed by atoms with Gasteiger partial charge in [0.25, 0.3) is 0 Å². The average Bonchev–Trinajstić information content (AvgIpc) is 3.24. The second kappa shape index (κ2) is 9.02. The van der Waals surface area contributed by atoms with Crippen LogP contribution in [0.2, 0.25) is 5.02 Å². The molecular formula is C26H22ClF4N5O. The van der Waals surface area contributed by atoms with E-state index in [-0.39, 0.29) is 53.7 Å². The Morgan fingerprint density at radius 3 is 2.49 bits per heavy atom. The van der Waals surface area contributed by atoms with Crippen LogP contribution in [0.1, 0.15) is 11.3 Å². The number of amides is 1. The second-order valence-electron chi connectivity index (χ2n) is 8.95. The van der Waals surface area contributed by atoms with Crippen molar-refractivity contribution in [3.8, 4) is 11.1 Å². The number of pyridine rings is 1. The molecule has 37 heavy (non-hydrogen) atoms. The molecule has 5 rings (SSSR count). The Hall–Kier alpha value is -3.66. The fraction of sp³-hybridized carbons (Fsp3) is 0.269. The number of nitrogens with zero attached hydrogens (tertiary/aromatic N) is 5. The van der Waals surface area contributed by atoms with Crippen molar-refractivity contribution in [2.45, 2.75) is 13.1 Å². The zero-order valence-electron chi connectivity index (χ0n) is 20.0. The van der Waals surface area contributed by atoms with Crippen LogP contribution in [-0.4, -0.2) is 51.8 Å². The molecule has 0 aliphatic carbocycles. The van der Waals surface area contributed by atoms with Crippen molar-refractivity contribution >= 4 is 45.0 Å². The first kappa shape index (κ1) is 25.0. The normalized spacial score (nSPS) is 14.6. The summed E-state index contributed by atoms with van der Waals surface area (Å²) in [4.78, 5) is 18.9. The first-order valence-electron chi connectivity index (χ1n) is 11.5. The summed E-state index contributed by atoms with van der Waals surface area (Å²) in [6.45, 7) is 6.32. The van der Waals surface area contributed by atoms with Gasteiger partial charge in [0.1, 0.15) is 11.2 Å². The minimum atomic E-state index is -4.80. The van der Waals surface area contributed by atoms with Crippen LogP contribution in [0.15, 0.2) is 43.1 Å². The third-order valence-corrected chi connectivity index (χ3v) is 7.03. The number of halogens is 5. The molecule has 0 bridgehead atoms. The number of carbonyl (C=O) groups excluding carboxylic acids is 1. The van der Waals surface area contributed by atoms with Crippen LogP contribution in [0, 0.1) is 12.7 Å². The molecule has 0 radical (unpaired) electrons.